The van der Waals surface area contributed by atoms with Crippen LogP contribution in [0.4, 0.5) is 0 Å². The molecule has 2 unspecified atom stereocenters. The molecule has 1 aliphatic carbocycles. The normalized spacial score (nSPS) is 22.7. The Morgan fingerprint density at radius 2 is 2.39 bits per heavy atom. The second-order valence-electron chi connectivity index (χ2n) is 4.33. The van der Waals surface area contributed by atoms with Crippen LogP contribution in [0.25, 0.3) is 0 Å². The van der Waals surface area contributed by atoms with Gasteiger partial charge in [-0.15, -0.1) is 0 Å². The highest BCUT2D eigenvalue weighted by Crippen LogP contribution is 2.53. The van der Waals surface area contributed by atoms with Crippen molar-refractivity contribution in [3.8, 4) is 5.75 Å². The maximum atomic E-state index is 10.9. The molecule has 1 aromatic carbocycles. The van der Waals surface area contributed by atoms with Gasteiger partial charge in [0.2, 0.25) is 0 Å². The summed E-state index contributed by atoms with van der Waals surface area (Å²) in [4.78, 5) is 10.9. The SMILES string of the molecule is C=CC(=O)OCCOC1CC2Oc3cccc1c32. The minimum atomic E-state index is -0.418. The summed E-state index contributed by atoms with van der Waals surface area (Å²) in [6, 6.07) is 6.02. The van der Waals surface area contributed by atoms with Crippen molar-refractivity contribution in [3.05, 3.63) is 42.0 Å². The third-order valence-electron chi connectivity index (χ3n) is 3.28. The van der Waals surface area contributed by atoms with E-state index in [0.29, 0.717) is 6.61 Å². The first-order chi connectivity index (χ1) is 8.79. The van der Waals surface area contributed by atoms with Crippen LogP contribution in [0, 0.1) is 0 Å². The summed E-state index contributed by atoms with van der Waals surface area (Å²) in [6.07, 6.45) is 2.24. The summed E-state index contributed by atoms with van der Waals surface area (Å²) in [5.74, 6) is 0.555. The second-order valence-corrected chi connectivity index (χ2v) is 4.33. The van der Waals surface area contributed by atoms with Crippen LogP contribution in [0.15, 0.2) is 30.9 Å². The summed E-state index contributed by atoms with van der Waals surface area (Å²) in [7, 11) is 0. The lowest BCUT2D eigenvalue weighted by Crippen LogP contribution is -2.15. The highest BCUT2D eigenvalue weighted by Gasteiger charge is 2.41. The lowest BCUT2D eigenvalue weighted by Gasteiger charge is -2.26. The molecule has 0 radical (unpaired) electrons. The van der Waals surface area contributed by atoms with Crippen molar-refractivity contribution in [2.45, 2.75) is 18.6 Å². The topological polar surface area (TPSA) is 44.8 Å². The first-order valence-electron chi connectivity index (χ1n) is 6.00. The Morgan fingerprint density at radius 3 is 3.22 bits per heavy atom. The molecule has 0 saturated carbocycles. The first kappa shape index (κ1) is 11.3. The van der Waals surface area contributed by atoms with Crippen LogP contribution in [0.2, 0.25) is 0 Å². The largest absolute Gasteiger partial charge is 0.485 e. The van der Waals surface area contributed by atoms with Crippen LogP contribution in [0.3, 0.4) is 0 Å². The monoisotopic (exact) mass is 246 g/mol. The van der Waals surface area contributed by atoms with Crippen LogP contribution in [-0.2, 0) is 14.3 Å². The summed E-state index contributed by atoms with van der Waals surface area (Å²) in [6.45, 7) is 3.97. The summed E-state index contributed by atoms with van der Waals surface area (Å²) < 4.78 is 16.2. The Morgan fingerprint density at radius 1 is 1.50 bits per heavy atom. The molecular formula is C14H14O4. The van der Waals surface area contributed by atoms with E-state index in [1.54, 1.807) is 0 Å². The van der Waals surface area contributed by atoms with Crippen LogP contribution in [0.1, 0.15) is 29.8 Å². The average Bonchev–Trinajstić information content (AvgIpc) is 2.69. The van der Waals surface area contributed by atoms with Gasteiger partial charge < -0.3 is 14.2 Å². The Hall–Kier alpha value is -1.81. The zero-order valence-corrected chi connectivity index (χ0v) is 9.93. The summed E-state index contributed by atoms with van der Waals surface area (Å²) >= 11 is 0. The van der Waals surface area contributed by atoms with Gasteiger partial charge >= 0.3 is 5.97 Å². The molecule has 2 aliphatic rings. The lowest BCUT2D eigenvalue weighted by molar-refractivity contribution is -0.140. The van der Waals surface area contributed by atoms with Gasteiger partial charge in [-0.05, 0) is 11.6 Å². The van der Waals surface area contributed by atoms with Crippen LogP contribution in [-0.4, -0.2) is 19.2 Å². The van der Waals surface area contributed by atoms with E-state index in [2.05, 4.69) is 12.6 Å². The molecule has 0 N–H and O–H groups in total. The number of esters is 1. The van der Waals surface area contributed by atoms with Crippen LogP contribution < -0.4 is 4.74 Å². The van der Waals surface area contributed by atoms with Crippen molar-refractivity contribution in [1.29, 1.82) is 0 Å². The third kappa shape index (κ3) is 1.78. The Labute approximate surface area is 105 Å². The van der Waals surface area contributed by atoms with E-state index in [1.165, 1.54) is 11.1 Å². The van der Waals surface area contributed by atoms with Gasteiger partial charge in [-0.3, -0.25) is 0 Å². The zero-order valence-electron chi connectivity index (χ0n) is 9.93. The van der Waals surface area contributed by atoms with E-state index in [1.807, 2.05) is 12.1 Å². The van der Waals surface area contributed by atoms with Gasteiger partial charge in [-0.1, -0.05) is 18.7 Å². The van der Waals surface area contributed by atoms with Crippen molar-refractivity contribution >= 4 is 5.97 Å². The summed E-state index contributed by atoms with van der Waals surface area (Å²) in [5, 5.41) is 0. The van der Waals surface area contributed by atoms with Gasteiger partial charge in [0.25, 0.3) is 0 Å². The maximum Gasteiger partial charge on any atom is 0.330 e. The molecule has 1 heterocycles. The van der Waals surface area contributed by atoms with Gasteiger partial charge in [-0.25, -0.2) is 4.79 Å². The number of carbonyl (C=O) groups is 1. The molecule has 1 aliphatic heterocycles. The molecule has 4 nitrogen and oxygen atoms in total. The van der Waals surface area contributed by atoms with Gasteiger partial charge in [0, 0.05) is 18.1 Å². The Kier molecular flexibility index (Phi) is 2.80. The number of ether oxygens (including phenoxy) is 3. The van der Waals surface area contributed by atoms with Crippen molar-refractivity contribution in [2.75, 3.05) is 13.2 Å². The zero-order chi connectivity index (χ0) is 12.5. The summed E-state index contributed by atoms with van der Waals surface area (Å²) in [5.41, 5.74) is 2.49. The molecule has 2 atom stereocenters. The molecule has 4 heteroatoms. The molecular weight excluding hydrogens is 232 g/mol. The van der Waals surface area contributed by atoms with Crippen molar-refractivity contribution in [3.63, 3.8) is 0 Å². The fraction of sp³-hybridized carbons (Fsp3) is 0.357. The minimum absolute atomic E-state index is 0.0508. The number of carbonyl (C=O) groups excluding carboxylic acids is 1. The highest BCUT2D eigenvalue weighted by molar-refractivity contribution is 5.81. The van der Waals surface area contributed by atoms with Crippen LogP contribution >= 0.6 is 0 Å². The molecule has 0 fully saturated rings. The second kappa shape index (κ2) is 4.46. The molecule has 0 spiro atoms. The average molecular weight is 246 g/mol. The van der Waals surface area contributed by atoms with Crippen LogP contribution in [0.5, 0.6) is 5.75 Å². The molecule has 94 valence electrons. The molecule has 0 saturated heterocycles. The van der Waals surface area contributed by atoms with E-state index in [0.717, 1.165) is 18.2 Å². The highest BCUT2D eigenvalue weighted by atomic mass is 16.6. The van der Waals surface area contributed by atoms with Gasteiger partial charge in [0.1, 0.15) is 18.5 Å². The molecule has 18 heavy (non-hydrogen) atoms. The molecule has 0 amide bonds. The molecule has 0 aromatic heterocycles. The van der Waals surface area contributed by atoms with E-state index < -0.39 is 5.97 Å². The standard InChI is InChI=1S/C14H14O4/c1-2-13(15)17-7-6-16-11-8-12-14-9(11)4-3-5-10(14)18-12/h2-5,11-12H,1,6-8H2. The van der Waals surface area contributed by atoms with E-state index in [9.17, 15) is 4.79 Å². The fourth-order valence-electron chi connectivity index (χ4n) is 2.48. The fourth-order valence-corrected chi connectivity index (χ4v) is 2.48. The predicted octanol–water partition coefficient (Wildman–Crippen LogP) is 2.31. The number of hydrogen-bond donors (Lipinski definition) is 0. The van der Waals surface area contributed by atoms with Gasteiger partial charge in [0.15, 0.2) is 0 Å². The van der Waals surface area contributed by atoms with E-state index in [-0.39, 0.29) is 18.8 Å². The molecule has 1 aromatic rings. The van der Waals surface area contributed by atoms with Crippen molar-refractivity contribution in [2.24, 2.45) is 0 Å². The van der Waals surface area contributed by atoms with Crippen molar-refractivity contribution in [1.82, 2.24) is 0 Å². The maximum absolute atomic E-state index is 10.9. The minimum Gasteiger partial charge on any atom is -0.485 e. The number of rotatable bonds is 5. The Bertz CT molecular complexity index is 495. The van der Waals surface area contributed by atoms with Gasteiger partial charge in [-0.2, -0.15) is 0 Å². The number of hydrogen-bond acceptors (Lipinski definition) is 4. The smallest absolute Gasteiger partial charge is 0.330 e. The molecule has 3 rings (SSSR count). The Balaban J connectivity index is 1.54. The quantitative estimate of drug-likeness (QED) is 0.454. The van der Waals surface area contributed by atoms with E-state index in [4.69, 9.17) is 14.2 Å². The van der Waals surface area contributed by atoms with Crippen molar-refractivity contribution < 1.29 is 19.0 Å². The number of benzene rings is 1. The van der Waals surface area contributed by atoms with Gasteiger partial charge in [0.05, 0.1) is 12.7 Å². The first-order valence-corrected chi connectivity index (χ1v) is 6.00. The third-order valence-corrected chi connectivity index (χ3v) is 3.28. The molecule has 0 bridgehead atoms. The lowest BCUT2D eigenvalue weighted by atomic mass is 10.0. The predicted molar refractivity (Wildman–Crippen MR) is 64.3 cm³/mol. The van der Waals surface area contributed by atoms with E-state index >= 15 is 0 Å².